The Balaban J connectivity index is 0.0000110. The highest BCUT2D eigenvalue weighted by Crippen LogP contribution is 2.29. The SMILES string of the molecule is CO[C@H]1/C=C/C=C(/C)C(=O)NC2=CC(=O)C(NCCCCCCN)=C(C[C@@H](C)C[C@H](OC)[C@H](O)[C@@H](C)/C=C(\C)[C@@H]1OC(N)=O)C2=O.Cl. The fourth-order valence-electron chi connectivity index (χ4n) is 5.61. The van der Waals surface area contributed by atoms with Crippen LogP contribution in [0.2, 0.25) is 0 Å². The first-order valence-electron chi connectivity index (χ1n) is 15.9. The maximum atomic E-state index is 13.8. The lowest BCUT2D eigenvalue weighted by molar-refractivity contribution is -0.120. The molecular weight excluding hydrogens is 628 g/mol. The molecule has 0 saturated carbocycles. The number of carbonyl (C=O) groups excluding carboxylic acids is 4. The average molecular weight is 681 g/mol. The Labute approximate surface area is 284 Å². The van der Waals surface area contributed by atoms with Crippen molar-refractivity contribution in [1.29, 1.82) is 0 Å². The number of ketones is 2. The highest BCUT2D eigenvalue weighted by molar-refractivity contribution is 6.23. The van der Waals surface area contributed by atoms with Gasteiger partial charge in [-0.25, -0.2) is 4.79 Å². The van der Waals surface area contributed by atoms with Crippen molar-refractivity contribution in [1.82, 2.24) is 10.6 Å². The van der Waals surface area contributed by atoms with Gasteiger partial charge in [0.05, 0.1) is 23.6 Å². The fraction of sp³-hybridized carbons (Fsp3) is 0.588. The van der Waals surface area contributed by atoms with Crippen LogP contribution in [0.1, 0.15) is 66.2 Å². The number of halogens is 1. The summed E-state index contributed by atoms with van der Waals surface area (Å²) in [7, 11) is 2.94. The van der Waals surface area contributed by atoms with Crippen molar-refractivity contribution < 1.29 is 38.5 Å². The molecule has 7 N–H and O–H groups in total. The van der Waals surface area contributed by atoms with Gasteiger partial charge in [-0.05, 0) is 57.6 Å². The Kier molecular flexibility index (Phi) is 18.5. The summed E-state index contributed by atoms with van der Waals surface area (Å²) in [4.78, 5) is 52.0. The number of carbonyl (C=O) groups is 4. The Hall–Kier alpha value is -3.29. The molecule has 2 rings (SSSR count). The Morgan fingerprint density at radius 2 is 1.77 bits per heavy atom. The molecule has 0 aromatic carbocycles. The van der Waals surface area contributed by atoms with Crippen molar-refractivity contribution >= 4 is 36.0 Å². The van der Waals surface area contributed by atoms with Gasteiger partial charge < -0.3 is 41.4 Å². The number of aliphatic hydroxyl groups is 1. The Bertz CT molecular complexity index is 1260. The van der Waals surface area contributed by atoms with E-state index in [0.717, 1.165) is 31.8 Å². The van der Waals surface area contributed by atoms with Crippen molar-refractivity contribution in [2.45, 2.75) is 90.6 Å². The number of primary amides is 1. The molecule has 1 heterocycles. The number of aliphatic hydroxyl groups excluding tert-OH is 1. The second-order valence-electron chi connectivity index (χ2n) is 12.1. The molecule has 2 bridgehead atoms. The van der Waals surface area contributed by atoms with Gasteiger partial charge in [-0.15, -0.1) is 12.4 Å². The summed E-state index contributed by atoms with van der Waals surface area (Å²) in [6.07, 6.45) is 7.54. The minimum Gasteiger partial charge on any atom is -0.439 e. The van der Waals surface area contributed by atoms with Gasteiger partial charge in [0.2, 0.25) is 11.6 Å². The highest BCUT2D eigenvalue weighted by Gasteiger charge is 2.33. The van der Waals surface area contributed by atoms with Gasteiger partial charge in [-0.1, -0.05) is 51.0 Å². The number of nitrogens with two attached hydrogens (primary N) is 2. The molecule has 2 aliphatic rings. The quantitative estimate of drug-likeness (QED) is 0.130. The molecule has 0 spiro atoms. The predicted octanol–water partition coefficient (Wildman–Crippen LogP) is 3.29. The van der Waals surface area contributed by atoms with E-state index < -0.39 is 53.9 Å². The molecule has 47 heavy (non-hydrogen) atoms. The number of nitrogens with one attached hydrogen (secondary N) is 2. The first-order valence-corrected chi connectivity index (χ1v) is 15.9. The van der Waals surface area contributed by atoms with Gasteiger partial charge in [0.1, 0.15) is 6.10 Å². The average Bonchev–Trinajstić information content (AvgIpc) is 3.01. The van der Waals surface area contributed by atoms with Crippen molar-refractivity contribution in [3.63, 3.8) is 0 Å². The predicted molar refractivity (Wildman–Crippen MR) is 182 cm³/mol. The lowest BCUT2D eigenvalue weighted by Crippen LogP contribution is -2.38. The summed E-state index contributed by atoms with van der Waals surface area (Å²) in [6.45, 7) is 8.17. The Morgan fingerprint density at radius 1 is 1.09 bits per heavy atom. The van der Waals surface area contributed by atoms with Gasteiger partial charge in [-0.3, -0.25) is 14.4 Å². The maximum absolute atomic E-state index is 13.8. The minimum atomic E-state index is -0.997. The molecule has 2 amide bonds. The summed E-state index contributed by atoms with van der Waals surface area (Å²) in [6, 6.07) is 0. The molecule has 0 unspecified atom stereocenters. The lowest BCUT2D eigenvalue weighted by Gasteiger charge is -2.30. The standard InChI is InChI=1S/C34H52N4O8.ClH/c1-20-16-24-29(37-15-10-8-7-9-14-35)26(39)19-25(31(24)41)38-33(42)21(2)12-11-13-27(44-5)32(46-34(36)43)23(4)18-22(3)30(40)28(17-20)45-6;/h11-13,18-20,22,27-28,30,32,37,40H,7-10,14-17,35H2,1-6H3,(H2,36,43)(H,38,42);1H/b13-11+,21-12-,23-18+;/t20-,22+,27+,28+,30-,32+;/m1./s1. The summed E-state index contributed by atoms with van der Waals surface area (Å²) in [5.74, 6) is -2.04. The smallest absolute Gasteiger partial charge is 0.405 e. The topological polar surface area (TPSA) is 192 Å². The zero-order valence-electron chi connectivity index (χ0n) is 28.4. The molecular formula is C34H53ClN4O8. The zero-order valence-corrected chi connectivity index (χ0v) is 29.2. The molecule has 12 nitrogen and oxygen atoms in total. The number of allylic oxidation sites excluding steroid dienone is 4. The molecule has 0 aromatic rings. The van der Waals surface area contributed by atoms with E-state index >= 15 is 0 Å². The van der Waals surface area contributed by atoms with Crippen LogP contribution in [-0.2, 0) is 28.6 Å². The number of fused-ring (bicyclic) bond motifs is 2. The van der Waals surface area contributed by atoms with Crippen LogP contribution in [0.25, 0.3) is 0 Å². The maximum Gasteiger partial charge on any atom is 0.405 e. The lowest BCUT2D eigenvalue weighted by atomic mass is 9.85. The van der Waals surface area contributed by atoms with Crippen LogP contribution >= 0.6 is 12.4 Å². The molecule has 264 valence electrons. The van der Waals surface area contributed by atoms with Crippen molar-refractivity contribution in [2.75, 3.05) is 27.3 Å². The summed E-state index contributed by atoms with van der Waals surface area (Å²) in [5.41, 5.74) is 12.2. The van der Waals surface area contributed by atoms with Crippen molar-refractivity contribution in [3.8, 4) is 0 Å². The number of ether oxygens (including phenoxy) is 3. The number of hydrogen-bond acceptors (Lipinski definition) is 10. The summed E-state index contributed by atoms with van der Waals surface area (Å²) >= 11 is 0. The van der Waals surface area contributed by atoms with Gasteiger partial charge in [0.15, 0.2) is 6.10 Å². The first kappa shape index (κ1) is 41.7. The number of rotatable bonds is 10. The van der Waals surface area contributed by atoms with E-state index in [-0.39, 0.29) is 47.3 Å². The third-order valence-electron chi connectivity index (χ3n) is 8.23. The van der Waals surface area contributed by atoms with E-state index in [4.69, 9.17) is 25.7 Å². The highest BCUT2D eigenvalue weighted by atomic mass is 35.5. The van der Waals surface area contributed by atoms with Crippen LogP contribution in [0.4, 0.5) is 4.79 Å². The minimum absolute atomic E-state index is 0. The Morgan fingerprint density at radius 3 is 2.38 bits per heavy atom. The first-order chi connectivity index (χ1) is 21.8. The molecule has 1 aliphatic heterocycles. The van der Waals surface area contributed by atoms with Gasteiger partial charge in [0, 0.05) is 43.9 Å². The van der Waals surface area contributed by atoms with Crippen LogP contribution in [0.3, 0.4) is 0 Å². The molecule has 0 radical (unpaired) electrons. The third-order valence-corrected chi connectivity index (χ3v) is 8.23. The zero-order chi connectivity index (χ0) is 34.4. The van der Waals surface area contributed by atoms with E-state index in [1.807, 2.05) is 13.8 Å². The van der Waals surface area contributed by atoms with E-state index in [9.17, 15) is 24.3 Å². The van der Waals surface area contributed by atoms with E-state index in [1.165, 1.54) is 20.3 Å². The number of unbranched alkanes of at least 4 members (excludes halogenated alkanes) is 3. The number of amides is 2. The molecule has 13 heteroatoms. The largest absolute Gasteiger partial charge is 0.439 e. The number of Topliss-reactive ketones (excluding diaryl/α,β-unsaturated/α-hetero) is 1. The van der Waals surface area contributed by atoms with Gasteiger partial charge in [0.25, 0.3) is 5.91 Å². The van der Waals surface area contributed by atoms with E-state index in [1.54, 1.807) is 32.1 Å². The van der Waals surface area contributed by atoms with Crippen LogP contribution in [0, 0.1) is 11.8 Å². The van der Waals surface area contributed by atoms with Crippen LogP contribution in [0.5, 0.6) is 0 Å². The normalized spacial score (nSPS) is 29.4. The van der Waals surface area contributed by atoms with Gasteiger partial charge in [-0.2, -0.15) is 0 Å². The number of methoxy groups -OCH3 is 2. The fourth-order valence-corrected chi connectivity index (χ4v) is 5.61. The summed E-state index contributed by atoms with van der Waals surface area (Å²) < 4.78 is 16.7. The van der Waals surface area contributed by atoms with Crippen LogP contribution in [-0.4, -0.2) is 80.4 Å². The molecule has 0 saturated heterocycles. The van der Waals surface area contributed by atoms with Crippen LogP contribution in [0.15, 0.2) is 58.5 Å². The summed E-state index contributed by atoms with van der Waals surface area (Å²) in [5, 5.41) is 17.1. The molecule has 0 aromatic heterocycles. The second kappa shape index (κ2) is 20.8. The molecule has 6 atom stereocenters. The van der Waals surface area contributed by atoms with Crippen LogP contribution < -0.4 is 22.1 Å². The second-order valence-corrected chi connectivity index (χ2v) is 12.1. The van der Waals surface area contributed by atoms with Crippen molar-refractivity contribution in [3.05, 3.63) is 58.5 Å². The number of hydrogen-bond donors (Lipinski definition) is 5. The van der Waals surface area contributed by atoms with E-state index in [0.29, 0.717) is 25.1 Å². The molecule has 1 aliphatic carbocycles. The monoisotopic (exact) mass is 680 g/mol. The molecule has 0 fully saturated rings. The van der Waals surface area contributed by atoms with Gasteiger partial charge >= 0.3 is 6.09 Å². The third kappa shape index (κ3) is 12.7. The van der Waals surface area contributed by atoms with E-state index in [2.05, 4.69) is 10.6 Å². The van der Waals surface area contributed by atoms with Crippen molar-refractivity contribution in [2.24, 2.45) is 23.3 Å².